The molecule has 0 radical (unpaired) electrons. The molecule has 1 atom stereocenters. The van der Waals surface area contributed by atoms with Gasteiger partial charge in [0.05, 0.1) is 0 Å². The van der Waals surface area contributed by atoms with E-state index in [0.717, 1.165) is 116 Å². The average molecular weight is 761 g/mol. The third kappa shape index (κ3) is 41.1. The second-order valence-electron chi connectivity index (χ2n) is 13.6. The molecular weight excluding hydrogens is 685 g/mol. The van der Waals surface area contributed by atoms with Crippen molar-refractivity contribution in [2.75, 3.05) is 13.2 Å². The number of hydrogen-bond acceptors (Lipinski definition) is 6. The molecule has 0 aliphatic rings. The smallest absolute Gasteiger partial charge is 0.306 e. The summed E-state index contributed by atoms with van der Waals surface area (Å²) >= 11 is 0. The summed E-state index contributed by atoms with van der Waals surface area (Å²) in [7, 11) is 0. The van der Waals surface area contributed by atoms with Crippen LogP contribution in [-0.2, 0) is 28.6 Å². The molecule has 0 N–H and O–H groups in total. The van der Waals surface area contributed by atoms with E-state index < -0.39 is 6.10 Å². The molecule has 0 aliphatic carbocycles. The Morgan fingerprint density at radius 2 is 0.764 bits per heavy atom. The fourth-order valence-electron chi connectivity index (χ4n) is 5.25. The standard InChI is InChI=1S/C49H76O6/c1-4-7-10-13-16-19-22-25-28-30-33-36-39-42-48(51)54-45-46(55-49(52)43-40-37-34-31-27-24-21-18-15-12-9-6-3)44-53-47(50)41-38-35-32-29-26-23-20-17-14-11-8-5-2/h7-13,16-22,25,28,30,33,46H,4-6,14-15,23-24,26-27,29,31-32,34-45H2,1-3H3/b10-7-,11-8-,12-9-,16-13-,20-17-,21-18-,22-19-,28-25-,33-30-. The molecule has 0 saturated heterocycles. The molecule has 0 amide bonds. The molecule has 0 aromatic rings. The number of unbranched alkanes of at least 4 members (excludes halogenated alkanes) is 11. The van der Waals surface area contributed by atoms with E-state index in [1.807, 2.05) is 54.7 Å². The predicted octanol–water partition coefficient (Wildman–Crippen LogP) is 13.6. The molecule has 0 aromatic heterocycles. The lowest BCUT2D eigenvalue weighted by Crippen LogP contribution is -2.30. The van der Waals surface area contributed by atoms with Gasteiger partial charge < -0.3 is 14.2 Å². The van der Waals surface area contributed by atoms with Crippen molar-refractivity contribution in [1.82, 2.24) is 0 Å². The summed E-state index contributed by atoms with van der Waals surface area (Å²) < 4.78 is 16.6. The number of carbonyl (C=O) groups excluding carboxylic acids is 3. The van der Waals surface area contributed by atoms with Crippen LogP contribution in [0.25, 0.3) is 0 Å². The molecule has 6 nitrogen and oxygen atoms in total. The fraction of sp³-hybridized carbons (Fsp3) is 0.571. The molecule has 55 heavy (non-hydrogen) atoms. The maximum absolute atomic E-state index is 12.7. The van der Waals surface area contributed by atoms with Gasteiger partial charge in [-0.2, -0.15) is 0 Å². The minimum absolute atomic E-state index is 0.117. The van der Waals surface area contributed by atoms with E-state index in [4.69, 9.17) is 14.2 Å². The first kappa shape index (κ1) is 51.1. The second kappa shape index (κ2) is 42.8. The molecule has 308 valence electrons. The van der Waals surface area contributed by atoms with Crippen molar-refractivity contribution >= 4 is 17.9 Å². The number of rotatable bonds is 36. The van der Waals surface area contributed by atoms with E-state index in [2.05, 4.69) is 75.5 Å². The van der Waals surface area contributed by atoms with E-state index in [0.29, 0.717) is 12.8 Å². The van der Waals surface area contributed by atoms with Crippen LogP contribution in [0, 0.1) is 0 Å². The van der Waals surface area contributed by atoms with Crippen molar-refractivity contribution in [3.8, 4) is 0 Å². The van der Waals surface area contributed by atoms with Gasteiger partial charge in [0, 0.05) is 19.3 Å². The van der Waals surface area contributed by atoms with E-state index >= 15 is 0 Å². The number of allylic oxidation sites excluding steroid dienone is 18. The van der Waals surface area contributed by atoms with Crippen LogP contribution in [0.3, 0.4) is 0 Å². The summed E-state index contributed by atoms with van der Waals surface area (Å²) in [6, 6.07) is 0. The molecule has 0 fully saturated rings. The predicted molar refractivity (Wildman–Crippen MR) is 233 cm³/mol. The molecule has 0 bridgehead atoms. The number of hydrogen-bond donors (Lipinski definition) is 0. The SMILES string of the molecule is CC\C=C/C=C\C=C/C=C\C=C/CCCC(=O)OCC(COC(=O)CCCCCCC/C=C\C/C=C\CC)OC(=O)CCCCCCC/C=C\C/C=C\CC. The van der Waals surface area contributed by atoms with Crippen LogP contribution in [-0.4, -0.2) is 37.2 Å². The lowest BCUT2D eigenvalue weighted by Gasteiger charge is -2.18. The van der Waals surface area contributed by atoms with Crippen LogP contribution < -0.4 is 0 Å². The van der Waals surface area contributed by atoms with Crippen LogP contribution in [0.15, 0.2) is 109 Å². The zero-order valence-corrected chi connectivity index (χ0v) is 34.9. The van der Waals surface area contributed by atoms with E-state index in [1.165, 1.54) is 0 Å². The third-order valence-electron chi connectivity index (χ3n) is 8.38. The van der Waals surface area contributed by atoms with Gasteiger partial charge in [0.2, 0.25) is 0 Å². The first-order chi connectivity index (χ1) is 27.0. The van der Waals surface area contributed by atoms with Gasteiger partial charge in [0.15, 0.2) is 6.10 Å². The van der Waals surface area contributed by atoms with E-state index in [9.17, 15) is 14.4 Å². The Kier molecular flexibility index (Phi) is 39.7. The van der Waals surface area contributed by atoms with Crippen molar-refractivity contribution in [3.05, 3.63) is 109 Å². The third-order valence-corrected chi connectivity index (χ3v) is 8.38. The Morgan fingerprint density at radius 3 is 1.27 bits per heavy atom. The summed E-state index contributed by atoms with van der Waals surface area (Å²) in [6.07, 6.45) is 56.5. The first-order valence-corrected chi connectivity index (χ1v) is 21.5. The van der Waals surface area contributed by atoms with Gasteiger partial charge in [-0.1, -0.05) is 169 Å². The lowest BCUT2D eigenvalue weighted by atomic mass is 10.1. The van der Waals surface area contributed by atoms with Crippen LogP contribution in [0.4, 0.5) is 0 Å². The molecular formula is C49H76O6. The minimum atomic E-state index is -0.819. The van der Waals surface area contributed by atoms with Gasteiger partial charge >= 0.3 is 17.9 Å². The van der Waals surface area contributed by atoms with E-state index in [-0.39, 0.29) is 44.0 Å². The number of esters is 3. The highest BCUT2D eigenvalue weighted by Crippen LogP contribution is 2.12. The van der Waals surface area contributed by atoms with Crippen molar-refractivity contribution < 1.29 is 28.6 Å². The summed E-state index contributed by atoms with van der Waals surface area (Å²) in [5.74, 6) is -1.04. The summed E-state index contributed by atoms with van der Waals surface area (Å²) in [4.78, 5) is 37.6. The van der Waals surface area contributed by atoms with Gasteiger partial charge in [-0.05, 0) is 83.5 Å². The minimum Gasteiger partial charge on any atom is -0.462 e. The fourth-order valence-corrected chi connectivity index (χ4v) is 5.25. The van der Waals surface area contributed by atoms with Gasteiger partial charge in [-0.25, -0.2) is 0 Å². The largest absolute Gasteiger partial charge is 0.462 e. The normalized spacial score (nSPS) is 13.1. The Bertz CT molecular complexity index is 1200. The quantitative estimate of drug-likeness (QED) is 0.0208. The first-order valence-electron chi connectivity index (χ1n) is 21.5. The molecule has 0 rings (SSSR count). The van der Waals surface area contributed by atoms with E-state index in [1.54, 1.807) is 0 Å². The maximum atomic E-state index is 12.7. The average Bonchev–Trinajstić information content (AvgIpc) is 3.18. The van der Waals surface area contributed by atoms with Crippen LogP contribution in [0.2, 0.25) is 0 Å². The molecule has 0 heterocycles. The van der Waals surface area contributed by atoms with Gasteiger partial charge in [0.25, 0.3) is 0 Å². The number of carbonyl (C=O) groups is 3. The Labute approximate surface area is 336 Å². The van der Waals surface area contributed by atoms with Gasteiger partial charge in [0.1, 0.15) is 13.2 Å². The molecule has 0 aromatic carbocycles. The van der Waals surface area contributed by atoms with Crippen molar-refractivity contribution in [3.63, 3.8) is 0 Å². The van der Waals surface area contributed by atoms with Gasteiger partial charge in [-0.15, -0.1) is 0 Å². The Balaban J connectivity index is 4.57. The van der Waals surface area contributed by atoms with Gasteiger partial charge in [-0.3, -0.25) is 14.4 Å². The highest BCUT2D eigenvalue weighted by Gasteiger charge is 2.19. The topological polar surface area (TPSA) is 78.9 Å². The number of ether oxygens (including phenoxy) is 3. The molecule has 0 aliphatic heterocycles. The Morgan fingerprint density at radius 1 is 0.382 bits per heavy atom. The summed E-state index contributed by atoms with van der Waals surface area (Å²) in [5.41, 5.74) is 0. The van der Waals surface area contributed by atoms with Crippen molar-refractivity contribution in [2.45, 2.75) is 168 Å². The molecule has 6 heteroatoms. The zero-order chi connectivity index (χ0) is 40.1. The highest BCUT2D eigenvalue weighted by atomic mass is 16.6. The second-order valence-corrected chi connectivity index (χ2v) is 13.6. The van der Waals surface area contributed by atoms with Crippen molar-refractivity contribution in [2.24, 2.45) is 0 Å². The monoisotopic (exact) mass is 761 g/mol. The van der Waals surface area contributed by atoms with Crippen LogP contribution >= 0.6 is 0 Å². The Hall–Kier alpha value is -3.93. The molecule has 0 spiro atoms. The maximum Gasteiger partial charge on any atom is 0.306 e. The van der Waals surface area contributed by atoms with Crippen molar-refractivity contribution in [1.29, 1.82) is 0 Å². The van der Waals surface area contributed by atoms with Crippen LogP contribution in [0.5, 0.6) is 0 Å². The summed E-state index contributed by atoms with van der Waals surface area (Å²) in [6.45, 7) is 6.14. The summed E-state index contributed by atoms with van der Waals surface area (Å²) in [5, 5.41) is 0. The highest BCUT2D eigenvalue weighted by molar-refractivity contribution is 5.71. The van der Waals surface area contributed by atoms with Crippen LogP contribution in [0.1, 0.15) is 162 Å². The molecule has 0 saturated carbocycles. The zero-order valence-electron chi connectivity index (χ0n) is 34.9. The molecule has 1 unspecified atom stereocenters. The lowest BCUT2D eigenvalue weighted by molar-refractivity contribution is -0.167.